The third-order valence-corrected chi connectivity index (χ3v) is 7.70. The van der Waals surface area contributed by atoms with E-state index in [-0.39, 0.29) is 47.2 Å². The van der Waals surface area contributed by atoms with Crippen LogP contribution in [0.4, 0.5) is 0 Å². The Labute approximate surface area is 214 Å². The van der Waals surface area contributed by atoms with Crippen LogP contribution in [0.15, 0.2) is 35.5 Å². The highest BCUT2D eigenvalue weighted by atomic mass is 127. The van der Waals surface area contributed by atoms with Crippen molar-refractivity contribution in [2.45, 2.75) is 37.8 Å². The summed E-state index contributed by atoms with van der Waals surface area (Å²) in [6, 6.07) is 6.18. The molecule has 0 radical (unpaired) electrons. The molecular weight excluding hydrogens is 579 g/mol. The van der Waals surface area contributed by atoms with Gasteiger partial charge in [0.1, 0.15) is 23.8 Å². The van der Waals surface area contributed by atoms with E-state index in [1.54, 1.807) is 45.2 Å². The summed E-state index contributed by atoms with van der Waals surface area (Å²) in [5.74, 6) is -2.16. The van der Waals surface area contributed by atoms with Gasteiger partial charge in [0.25, 0.3) is 5.91 Å². The highest BCUT2D eigenvalue weighted by Gasteiger charge is 2.72. The summed E-state index contributed by atoms with van der Waals surface area (Å²) in [5.41, 5.74) is 0.668. The van der Waals surface area contributed by atoms with E-state index in [0.717, 1.165) is 5.56 Å². The molecule has 1 saturated heterocycles. The normalized spacial score (nSPS) is 23.0. The van der Waals surface area contributed by atoms with Gasteiger partial charge in [0, 0.05) is 13.2 Å². The SMILES string of the molecule is CCOC1(OCC)C(NC(=O)CI)[C@H]2N1C(C(=O)OCc1ccc(OC)cc1)=C(C=O)C[S+]2[O-]. The number of benzene rings is 1. The minimum Gasteiger partial charge on any atom is -0.614 e. The second kappa shape index (κ2) is 11.7. The molecule has 0 bridgehead atoms. The summed E-state index contributed by atoms with van der Waals surface area (Å²) >= 11 is 0.315. The maximum Gasteiger partial charge on any atom is 0.355 e. The zero-order valence-electron chi connectivity index (χ0n) is 19.1. The van der Waals surface area contributed by atoms with Crippen molar-refractivity contribution in [3.63, 3.8) is 0 Å². The van der Waals surface area contributed by atoms with Crippen molar-refractivity contribution in [1.29, 1.82) is 0 Å². The molecule has 1 aromatic rings. The topological polar surface area (TPSA) is 126 Å². The van der Waals surface area contributed by atoms with E-state index in [0.29, 0.717) is 12.0 Å². The third-order valence-electron chi connectivity index (χ3n) is 5.39. The Morgan fingerprint density at radius 2 is 1.91 bits per heavy atom. The van der Waals surface area contributed by atoms with Crippen molar-refractivity contribution < 1.29 is 37.9 Å². The van der Waals surface area contributed by atoms with Crippen LogP contribution in [0.5, 0.6) is 5.75 Å². The fourth-order valence-electron chi connectivity index (χ4n) is 4.00. The van der Waals surface area contributed by atoms with Gasteiger partial charge in [-0.2, -0.15) is 0 Å². The van der Waals surface area contributed by atoms with Crippen LogP contribution >= 0.6 is 22.6 Å². The summed E-state index contributed by atoms with van der Waals surface area (Å²) in [4.78, 5) is 38.7. The van der Waals surface area contributed by atoms with Crippen molar-refractivity contribution >= 4 is 51.9 Å². The highest BCUT2D eigenvalue weighted by Crippen LogP contribution is 2.48. The van der Waals surface area contributed by atoms with Gasteiger partial charge >= 0.3 is 5.97 Å². The number of ether oxygens (including phenoxy) is 4. The molecule has 1 N–H and O–H groups in total. The number of hydrogen-bond donors (Lipinski definition) is 1. The molecule has 3 atom stereocenters. The van der Waals surface area contributed by atoms with Gasteiger partial charge in [0.2, 0.25) is 11.3 Å². The average Bonchev–Trinajstić information content (AvgIpc) is 2.85. The molecule has 0 spiro atoms. The molecule has 0 aliphatic carbocycles. The second-order valence-electron chi connectivity index (χ2n) is 7.38. The third kappa shape index (κ3) is 5.05. The Hall–Kier alpha value is -1.87. The van der Waals surface area contributed by atoms with E-state index in [2.05, 4.69) is 5.32 Å². The van der Waals surface area contributed by atoms with Crippen LogP contribution in [0.3, 0.4) is 0 Å². The molecule has 2 aliphatic heterocycles. The van der Waals surface area contributed by atoms with Crippen molar-refractivity contribution in [3.05, 3.63) is 41.1 Å². The minimum absolute atomic E-state index is 0.0248. The lowest BCUT2D eigenvalue weighted by Gasteiger charge is -2.62. The van der Waals surface area contributed by atoms with Crippen LogP contribution in [0, 0.1) is 0 Å². The van der Waals surface area contributed by atoms with E-state index >= 15 is 0 Å². The van der Waals surface area contributed by atoms with Gasteiger partial charge in [-0.05, 0) is 42.7 Å². The average molecular weight is 606 g/mol. The highest BCUT2D eigenvalue weighted by molar-refractivity contribution is 14.1. The number of methoxy groups -OCH3 is 1. The first-order chi connectivity index (χ1) is 16.4. The summed E-state index contributed by atoms with van der Waals surface area (Å²) in [7, 11) is 1.55. The molecule has 0 saturated carbocycles. The van der Waals surface area contributed by atoms with Gasteiger partial charge in [-0.3, -0.25) is 14.5 Å². The van der Waals surface area contributed by atoms with E-state index < -0.39 is 34.5 Å². The van der Waals surface area contributed by atoms with Crippen LogP contribution in [-0.4, -0.2) is 75.4 Å². The fourth-order valence-corrected chi connectivity index (χ4v) is 5.93. The molecule has 1 amide bonds. The Kier molecular flexibility index (Phi) is 9.20. The number of esters is 1. The first kappa shape index (κ1) is 26.7. The van der Waals surface area contributed by atoms with Crippen LogP contribution in [0.2, 0.25) is 0 Å². The maximum atomic E-state index is 13.2. The molecule has 3 rings (SSSR count). The molecule has 2 aliphatic rings. The van der Waals surface area contributed by atoms with E-state index in [1.165, 1.54) is 4.90 Å². The molecular formula is C22H27IN2O8S. The van der Waals surface area contributed by atoms with Gasteiger partial charge < -0.3 is 28.8 Å². The van der Waals surface area contributed by atoms with Crippen LogP contribution < -0.4 is 10.1 Å². The first-order valence-electron chi connectivity index (χ1n) is 10.6. The smallest absolute Gasteiger partial charge is 0.355 e. The largest absolute Gasteiger partial charge is 0.614 e. The molecule has 1 fully saturated rings. The number of aldehydes is 1. The number of fused-ring (bicyclic) bond motifs is 1. The lowest BCUT2D eigenvalue weighted by molar-refractivity contribution is -0.373. The van der Waals surface area contributed by atoms with Crippen LogP contribution in [0.25, 0.3) is 0 Å². The molecule has 186 valence electrons. The predicted molar refractivity (Wildman–Crippen MR) is 131 cm³/mol. The van der Waals surface area contributed by atoms with Crippen molar-refractivity contribution in [2.24, 2.45) is 0 Å². The van der Waals surface area contributed by atoms with Crippen molar-refractivity contribution in [1.82, 2.24) is 10.2 Å². The molecule has 2 heterocycles. The Morgan fingerprint density at radius 1 is 1.26 bits per heavy atom. The number of carbonyl (C=O) groups is 3. The zero-order chi connectivity index (χ0) is 24.9. The second-order valence-corrected chi connectivity index (χ2v) is 9.67. The molecule has 12 heteroatoms. The van der Waals surface area contributed by atoms with Crippen molar-refractivity contribution in [3.8, 4) is 5.75 Å². The number of nitrogens with zero attached hydrogens (tertiary/aromatic N) is 1. The Morgan fingerprint density at radius 3 is 2.44 bits per heavy atom. The van der Waals surface area contributed by atoms with Gasteiger partial charge in [0.05, 0.1) is 17.1 Å². The molecule has 10 nitrogen and oxygen atoms in total. The standard InChI is InChI=1S/C22H27IN2O8S/c1-4-32-22(33-5-2)19(24-17(27)10-23)20-25(22)18(15(11-26)13-34(20)29)21(28)31-12-14-6-8-16(30-3)9-7-14/h6-9,11,19-20H,4-5,10,12-13H2,1-3H3,(H,24,27)/t19?,20-,34?/m0/s1. The number of hydrogen-bond acceptors (Lipinski definition) is 9. The number of rotatable bonds is 11. The number of nitrogens with one attached hydrogen (secondary N) is 1. The van der Waals surface area contributed by atoms with E-state index in [1.807, 2.05) is 22.6 Å². The lowest BCUT2D eigenvalue weighted by atomic mass is 9.97. The Bertz CT molecular complexity index is 935. The number of halogens is 1. The molecule has 2 unspecified atom stereocenters. The molecule has 0 aromatic heterocycles. The van der Waals surface area contributed by atoms with Gasteiger partial charge in [-0.15, -0.1) is 0 Å². The van der Waals surface area contributed by atoms with E-state index in [9.17, 15) is 18.9 Å². The minimum atomic E-state index is -1.60. The van der Waals surface area contributed by atoms with Crippen molar-refractivity contribution in [2.75, 3.05) is 30.5 Å². The summed E-state index contributed by atoms with van der Waals surface area (Å²) in [6.45, 7) is 3.77. The number of alkyl halides is 1. The molecule has 34 heavy (non-hydrogen) atoms. The maximum absolute atomic E-state index is 13.2. The zero-order valence-corrected chi connectivity index (χ0v) is 22.1. The monoisotopic (exact) mass is 606 g/mol. The Balaban J connectivity index is 1.94. The summed E-state index contributed by atoms with van der Waals surface area (Å²) in [6.07, 6.45) is 0.498. The summed E-state index contributed by atoms with van der Waals surface area (Å²) < 4.78 is 35.7. The van der Waals surface area contributed by atoms with Gasteiger partial charge in [0.15, 0.2) is 12.3 Å². The number of carbonyl (C=O) groups excluding carboxylic acids is 3. The predicted octanol–water partition coefficient (Wildman–Crippen LogP) is 1.24. The quantitative estimate of drug-likeness (QED) is 0.0989. The number of amides is 1. The molecule has 1 aromatic carbocycles. The van der Waals surface area contributed by atoms with Gasteiger partial charge in [-0.25, -0.2) is 4.79 Å². The first-order valence-corrected chi connectivity index (χ1v) is 13.6. The van der Waals surface area contributed by atoms with E-state index in [4.69, 9.17) is 18.9 Å². The lowest BCUT2D eigenvalue weighted by Crippen LogP contribution is -2.85. The summed E-state index contributed by atoms with van der Waals surface area (Å²) in [5, 5.41) is 1.99. The van der Waals surface area contributed by atoms with Gasteiger partial charge in [-0.1, -0.05) is 34.7 Å². The van der Waals surface area contributed by atoms with Crippen LogP contribution in [-0.2, 0) is 46.4 Å². The fraction of sp³-hybridized carbons (Fsp3) is 0.500. The van der Waals surface area contributed by atoms with Crippen LogP contribution in [0.1, 0.15) is 19.4 Å².